The average molecular weight is 339 g/mol. The lowest BCUT2D eigenvalue weighted by atomic mass is 10.2. The molecule has 0 saturated carbocycles. The van der Waals surface area contributed by atoms with E-state index in [1.165, 1.54) is 0 Å². The van der Waals surface area contributed by atoms with Crippen molar-refractivity contribution in [3.63, 3.8) is 0 Å². The number of nitrogens with zero attached hydrogens (tertiary/aromatic N) is 3. The molecule has 0 bridgehead atoms. The van der Waals surface area contributed by atoms with Crippen LogP contribution in [0.25, 0.3) is 11.4 Å². The number of amides is 1. The van der Waals surface area contributed by atoms with Crippen LogP contribution in [0.3, 0.4) is 0 Å². The first kappa shape index (κ1) is 17.0. The molecule has 1 atom stereocenters. The summed E-state index contributed by atoms with van der Waals surface area (Å²) < 4.78 is 29.2. The molecular formula is C13H17N5O4S. The van der Waals surface area contributed by atoms with Crippen LogP contribution in [0, 0.1) is 0 Å². The van der Waals surface area contributed by atoms with Crippen LogP contribution in [0.2, 0.25) is 0 Å². The zero-order valence-electron chi connectivity index (χ0n) is 12.7. The highest BCUT2D eigenvalue weighted by atomic mass is 32.2. The Morgan fingerprint density at radius 2 is 2.04 bits per heavy atom. The third-order valence-corrected chi connectivity index (χ3v) is 3.57. The standard InChI is InChI=1S/C13H17N5O4S/c1-9(16-11(19)5-8-15-23(2,20)21)13-17-12(18-22-13)10-3-6-14-7-4-10/h3-4,6-7,9,15H,5,8H2,1-2H3,(H,16,19). The zero-order chi connectivity index (χ0) is 16.9. The van der Waals surface area contributed by atoms with Gasteiger partial charge in [0.2, 0.25) is 27.6 Å². The molecule has 0 saturated heterocycles. The van der Waals surface area contributed by atoms with Crippen LogP contribution < -0.4 is 10.0 Å². The first-order valence-electron chi connectivity index (χ1n) is 6.83. The van der Waals surface area contributed by atoms with Gasteiger partial charge in [-0.05, 0) is 19.1 Å². The van der Waals surface area contributed by atoms with Gasteiger partial charge in [0.25, 0.3) is 0 Å². The van der Waals surface area contributed by atoms with E-state index in [4.69, 9.17) is 4.52 Å². The molecule has 2 aromatic rings. The zero-order valence-corrected chi connectivity index (χ0v) is 13.5. The van der Waals surface area contributed by atoms with Crippen molar-refractivity contribution in [1.29, 1.82) is 0 Å². The molecule has 2 N–H and O–H groups in total. The maximum absolute atomic E-state index is 11.7. The minimum Gasteiger partial charge on any atom is -0.345 e. The van der Waals surface area contributed by atoms with Gasteiger partial charge in [0.1, 0.15) is 6.04 Å². The molecule has 0 aromatic carbocycles. The van der Waals surface area contributed by atoms with Crippen LogP contribution in [0.4, 0.5) is 0 Å². The topological polar surface area (TPSA) is 127 Å². The molecule has 1 unspecified atom stereocenters. The van der Waals surface area contributed by atoms with Gasteiger partial charge in [-0.25, -0.2) is 13.1 Å². The monoisotopic (exact) mass is 339 g/mol. The van der Waals surface area contributed by atoms with Crippen molar-refractivity contribution in [2.45, 2.75) is 19.4 Å². The molecule has 2 heterocycles. The number of hydrogen-bond donors (Lipinski definition) is 2. The van der Waals surface area contributed by atoms with Gasteiger partial charge < -0.3 is 9.84 Å². The minimum atomic E-state index is -3.30. The summed E-state index contributed by atoms with van der Waals surface area (Å²) in [7, 11) is -3.30. The quantitative estimate of drug-likeness (QED) is 0.740. The Morgan fingerprint density at radius 1 is 1.35 bits per heavy atom. The van der Waals surface area contributed by atoms with Crippen molar-refractivity contribution >= 4 is 15.9 Å². The van der Waals surface area contributed by atoms with Gasteiger partial charge in [-0.1, -0.05) is 5.16 Å². The first-order chi connectivity index (χ1) is 10.8. The molecular weight excluding hydrogens is 322 g/mol. The van der Waals surface area contributed by atoms with Crippen LogP contribution in [-0.4, -0.2) is 42.3 Å². The van der Waals surface area contributed by atoms with Crippen LogP contribution in [0.1, 0.15) is 25.3 Å². The van der Waals surface area contributed by atoms with Crippen molar-refractivity contribution < 1.29 is 17.7 Å². The highest BCUT2D eigenvalue weighted by Crippen LogP contribution is 2.17. The number of aromatic nitrogens is 3. The predicted molar refractivity (Wildman–Crippen MR) is 81.6 cm³/mol. The number of carbonyl (C=O) groups is 1. The predicted octanol–water partition coefficient (Wildman–Crippen LogP) is 0.248. The van der Waals surface area contributed by atoms with E-state index in [0.717, 1.165) is 11.8 Å². The van der Waals surface area contributed by atoms with Crippen LogP contribution in [0.5, 0.6) is 0 Å². The summed E-state index contributed by atoms with van der Waals surface area (Å²) in [6.07, 6.45) is 4.28. The van der Waals surface area contributed by atoms with Crippen molar-refractivity contribution in [2.75, 3.05) is 12.8 Å². The molecule has 0 spiro atoms. The van der Waals surface area contributed by atoms with E-state index >= 15 is 0 Å². The van der Waals surface area contributed by atoms with Gasteiger partial charge in [-0.15, -0.1) is 0 Å². The van der Waals surface area contributed by atoms with E-state index in [2.05, 4.69) is 25.2 Å². The lowest BCUT2D eigenvalue weighted by Gasteiger charge is -2.09. The molecule has 10 heteroatoms. The molecule has 2 aromatic heterocycles. The number of carbonyl (C=O) groups excluding carboxylic acids is 1. The van der Waals surface area contributed by atoms with E-state index < -0.39 is 16.1 Å². The molecule has 0 fully saturated rings. The molecule has 0 aliphatic rings. The van der Waals surface area contributed by atoms with Crippen LogP contribution >= 0.6 is 0 Å². The molecule has 23 heavy (non-hydrogen) atoms. The molecule has 0 aliphatic heterocycles. The van der Waals surface area contributed by atoms with Crippen LogP contribution in [-0.2, 0) is 14.8 Å². The summed E-state index contributed by atoms with van der Waals surface area (Å²) >= 11 is 0. The Hall–Kier alpha value is -2.33. The second-order valence-corrected chi connectivity index (χ2v) is 6.73. The fourth-order valence-electron chi connectivity index (χ4n) is 1.75. The Bertz CT molecular complexity index is 760. The fourth-order valence-corrected chi connectivity index (χ4v) is 2.23. The number of pyridine rings is 1. The SMILES string of the molecule is CC(NC(=O)CCNS(C)(=O)=O)c1nc(-c2ccncc2)no1. The Morgan fingerprint density at radius 3 is 2.70 bits per heavy atom. The highest BCUT2D eigenvalue weighted by molar-refractivity contribution is 7.88. The van der Waals surface area contributed by atoms with E-state index in [1.54, 1.807) is 31.5 Å². The minimum absolute atomic E-state index is 0.0166. The first-order valence-corrected chi connectivity index (χ1v) is 8.72. The van der Waals surface area contributed by atoms with Crippen molar-refractivity contribution in [2.24, 2.45) is 0 Å². The lowest BCUT2D eigenvalue weighted by Crippen LogP contribution is -2.31. The maximum atomic E-state index is 11.7. The molecule has 1 amide bonds. The molecule has 2 rings (SSSR count). The Labute approximate surface area is 133 Å². The second kappa shape index (κ2) is 7.29. The van der Waals surface area contributed by atoms with Gasteiger partial charge in [0.15, 0.2) is 0 Å². The summed E-state index contributed by atoms with van der Waals surface area (Å²) in [4.78, 5) is 19.9. The van der Waals surface area contributed by atoms with Crippen molar-refractivity contribution in [3.8, 4) is 11.4 Å². The summed E-state index contributed by atoms with van der Waals surface area (Å²) in [5.41, 5.74) is 0.755. The van der Waals surface area contributed by atoms with Gasteiger partial charge in [0, 0.05) is 30.9 Å². The van der Waals surface area contributed by atoms with E-state index in [9.17, 15) is 13.2 Å². The molecule has 0 aliphatic carbocycles. The smallest absolute Gasteiger partial charge is 0.249 e. The number of rotatable bonds is 7. The fraction of sp³-hybridized carbons (Fsp3) is 0.385. The average Bonchev–Trinajstić information content (AvgIpc) is 2.96. The third-order valence-electron chi connectivity index (χ3n) is 2.84. The van der Waals surface area contributed by atoms with Gasteiger partial charge in [-0.2, -0.15) is 4.98 Å². The Kier molecular flexibility index (Phi) is 5.40. The highest BCUT2D eigenvalue weighted by Gasteiger charge is 2.17. The molecule has 9 nitrogen and oxygen atoms in total. The van der Waals surface area contributed by atoms with E-state index in [0.29, 0.717) is 5.82 Å². The van der Waals surface area contributed by atoms with Crippen LogP contribution in [0.15, 0.2) is 29.0 Å². The third kappa shape index (κ3) is 5.42. The Balaban J connectivity index is 1.90. The van der Waals surface area contributed by atoms with Crippen molar-refractivity contribution in [1.82, 2.24) is 25.2 Å². The second-order valence-electron chi connectivity index (χ2n) is 4.90. The maximum Gasteiger partial charge on any atom is 0.249 e. The summed E-state index contributed by atoms with van der Waals surface area (Å²) in [6.45, 7) is 1.73. The number of hydrogen-bond acceptors (Lipinski definition) is 7. The normalized spacial score (nSPS) is 12.8. The largest absolute Gasteiger partial charge is 0.345 e. The van der Waals surface area contributed by atoms with Gasteiger partial charge >= 0.3 is 0 Å². The lowest BCUT2D eigenvalue weighted by molar-refractivity contribution is -0.121. The molecule has 0 radical (unpaired) electrons. The van der Waals surface area contributed by atoms with Gasteiger partial charge in [0.05, 0.1) is 6.26 Å². The van der Waals surface area contributed by atoms with Crippen molar-refractivity contribution in [3.05, 3.63) is 30.4 Å². The summed E-state index contributed by atoms with van der Waals surface area (Å²) in [5.74, 6) is 0.348. The molecule has 124 valence electrons. The van der Waals surface area contributed by atoms with E-state index in [1.807, 2.05) is 0 Å². The van der Waals surface area contributed by atoms with E-state index in [-0.39, 0.29) is 24.8 Å². The number of nitrogens with one attached hydrogen (secondary N) is 2. The number of sulfonamides is 1. The summed E-state index contributed by atoms with van der Waals surface area (Å²) in [5, 5.41) is 6.52. The summed E-state index contributed by atoms with van der Waals surface area (Å²) in [6, 6.07) is 3.01. The van der Waals surface area contributed by atoms with Gasteiger partial charge in [-0.3, -0.25) is 9.78 Å².